The predicted molar refractivity (Wildman–Crippen MR) is 107 cm³/mol. The Morgan fingerprint density at radius 3 is 2.15 bits per heavy atom. The standard InChI is InChI=1S/C23H27NO2/c1-3-5-6-7-16-26-23-12-8-19(9-13-23)17-21(18-24)20-10-14-22(15-11-20)25-4-2/h8-15,17H,3-7,16H2,1-2H3/b21-17+. The highest BCUT2D eigenvalue weighted by molar-refractivity contribution is 5.89. The minimum Gasteiger partial charge on any atom is -0.494 e. The van der Waals surface area contributed by atoms with Crippen molar-refractivity contribution in [2.75, 3.05) is 13.2 Å². The number of nitrogens with zero attached hydrogens (tertiary/aromatic N) is 1. The molecular weight excluding hydrogens is 322 g/mol. The van der Waals surface area contributed by atoms with Crippen LogP contribution < -0.4 is 9.47 Å². The average Bonchev–Trinajstić information content (AvgIpc) is 2.68. The molecule has 26 heavy (non-hydrogen) atoms. The van der Waals surface area contributed by atoms with Gasteiger partial charge in [-0.05, 0) is 66.9 Å². The number of hydrogen-bond acceptors (Lipinski definition) is 3. The molecule has 0 radical (unpaired) electrons. The van der Waals surface area contributed by atoms with Crippen LogP contribution in [0, 0.1) is 11.3 Å². The first kappa shape index (κ1) is 19.6. The highest BCUT2D eigenvalue weighted by Gasteiger charge is 2.02. The third kappa shape index (κ3) is 6.29. The third-order valence-electron chi connectivity index (χ3n) is 4.05. The molecule has 0 spiro atoms. The Labute approximate surface area is 156 Å². The van der Waals surface area contributed by atoms with E-state index in [1.807, 2.05) is 61.5 Å². The van der Waals surface area contributed by atoms with Crippen molar-refractivity contribution >= 4 is 11.6 Å². The molecule has 3 heteroatoms. The molecule has 0 aliphatic rings. The van der Waals surface area contributed by atoms with Crippen LogP contribution in [0.2, 0.25) is 0 Å². The predicted octanol–water partition coefficient (Wildman–Crippen LogP) is 6.11. The molecule has 0 saturated carbocycles. The molecule has 136 valence electrons. The van der Waals surface area contributed by atoms with Crippen LogP contribution in [0.1, 0.15) is 50.7 Å². The molecule has 0 aliphatic carbocycles. The minimum absolute atomic E-state index is 0.626. The van der Waals surface area contributed by atoms with E-state index in [4.69, 9.17) is 9.47 Å². The van der Waals surface area contributed by atoms with Gasteiger partial charge in [0.25, 0.3) is 0 Å². The molecule has 0 N–H and O–H groups in total. The number of rotatable bonds is 10. The van der Waals surface area contributed by atoms with Crippen LogP contribution in [0.4, 0.5) is 0 Å². The van der Waals surface area contributed by atoms with Gasteiger partial charge in [0.05, 0.1) is 24.9 Å². The van der Waals surface area contributed by atoms with Crippen LogP contribution in [-0.4, -0.2) is 13.2 Å². The molecule has 0 unspecified atom stereocenters. The maximum atomic E-state index is 9.48. The SMILES string of the molecule is CCCCCCOc1ccc(/C=C(\C#N)c2ccc(OCC)cc2)cc1. The lowest BCUT2D eigenvalue weighted by atomic mass is 10.0. The van der Waals surface area contributed by atoms with E-state index in [2.05, 4.69) is 13.0 Å². The Morgan fingerprint density at radius 1 is 0.885 bits per heavy atom. The Hall–Kier alpha value is -2.73. The van der Waals surface area contributed by atoms with Crippen molar-refractivity contribution in [1.29, 1.82) is 5.26 Å². The van der Waals surface area contributed by atoms with Crippen LogP contribution in [0.25, 0.3) is 11.6 Å². The van der Waals surface area contributed by atoms with Crippen molar-refractivity contribution in [3.63, 3.8) is 0 Å². The lowest BCUT2D eigenvalue weighted by Gasteiger charge is -2.07. The topological polar surface area (TPSA) is 42.2 Å². The molecule has 0 fully saturated rings. The van der Waals surface area contributed by atoms with Gasteiger partial charge in [0.1, 0.15) is 11.5 Å². The number of nitriles is 1. The van der Waals surface area contributed by atoms with Crippen LogP contribution in [0.3, 0.4) is 0 Å². The summed E-state index contributed by atoms with van der Waals surface area (Å²) in [6.07, 6.45) is 6.68. The van der Waals surface area contributed by atoms with E-state index in [1.165, 1.54) is 19.3 Å². The second-order valence-corrected chi connectivity index (χ2v) is 6.11. The van der Waals surface area contributed by atoms with E-state index in [1.54, 1.807) is 0 Å². The zero-order valence-corrected chi connectivity index (χ0v) is 15.7. The van der Waals surface area contributed by atoms with Gasteiger partial charge in [0.2, 0.25) is 0 Å². The van der Waals surface area contributed by atoms with Gasteiger partial charge in [-0.2, -0.15) is 5.26 Å². The monoisotopic (exact) mass is 349 g/mol. The van der Waals surface area contributed by atoms with Gasteiger partial charge < -0.3 is 9.47 Å². The fourth-order valence-corrected chi connectivity index (χ4v) is 2.62. The highest BCUT2D eigenvalue weighted by Crippen LogP contribution is 2.22. The van der Waals surface area contributed by atoms with Crippen molar-refractivity contribution in [3.8, 4) is 17.6 Å². The van der Waals surface area contributed by atoms with Crippen LogP contribution in [0.15, 0.2) is 48.5 Å². The molecule has 2 rings (SSSR count). The van der Waals surface area contributed by atoms with E-state index in [0.29, 0.717) is 12.2 Å². The number of allylic oxidation sites excluding steroid dienone is 1. The first-order chi connectivity index (χ1) is 12.8. The van der Waals surface area contributed by atoms with E-state index < -0.39 is 0 Å². The maximum absolute atomic E-state index is 9.48. The largest absolute Gasteiger partial charge is 0.494 e. The van der Waals surface area contributed by atoms with Gasteiger partial charge in [-0.15, -0.1) is 0 Å². The summed E-state index contributed by atoms with van der Waals surface area (Å²) in [4.78, 5) is 0. The van der Waals surface area contributed by atoms with E-state index in [0.717, 1.165) is 35.7 Å². The second kappa shape index (κ2) is 11.0. The first-order valence-corrected chi connectivity index (χ1v) is 9.34. The summed E-state index contributed by atoms with van der Waals surface area (Å²) in [6, 6.07) is 17.7. The lowest BCUT2D eigenvalue weighted by Crippen LogP contribution is -1.96. The number of benzene rings is 2. The van der Waals surface area contributed by atoms with Crippen LogP contribution in [0.5, 0.6) is 11.5 Å². The first-order valence-electron chi connectivity index (χ1n) is 9.34. The molecule has 2 aromatic carbocycles. The molecule has 0 atom stereocenters. The van der Waals surface area contributed by atoms with Gasteiger partial charge in [-0.3, -0.25) is 0 Å². The van der Waals surface area contributed by atoms with Crippen molar-refractivity contribution in [2.24, 2.45) is 0 Å². The van der Waals surface area contributed by atoms with Gasteiger partial charge in [0.15, 0.2) is 0 Å². The van der Waals surface area contributed by atoms with Crippen LogP contribution in [-0.2, 0) is 0 Å². The summed E-state index contributed by atoms with van der Waals surface area (Å²) >= 11 is 0. The maximum Gasteiger partial charge on any atom is 0.119 e. The van der Waals surface area contributed by atoms with Crippen molar-refractivity contribution in [3.05, 3.63) is 59.7 Å². The Bertz CT molecular complexity index is 724. The minimum atomic E-state index is 0.626. The fourth-order valence-electron chi connectivity index (χ4n) is 2.62. The highest BCUT2D eigenvalue weighted by atomic mass is 16.5. The van der Waals surface area contributed by atoms with E-state index in [-0.39, 0.29) is 0 Å². The molecule has 0 saturated heterocycles. The summed E-state index contributed by atoms with van der Waals surface area (Å²) in [5.74, 6) is 1.69. The van der Waals surface area contributed by atoms with Gasteiger partial charge in [-0.25, -0.2) is 0 Å². The normalized spacial score (nSPS) is 11.0. The summed E-state index contributed by atoms with van der Waals surface area (Å²) in [5, 5.41) is 9.48. The van der Waals surface area contributed by atoms with Gasteiger partial charge >= 0.3 is 0 Å². The van der Waals surface area contributed by atoms with Crippen LogP contribution >= 0.6 is 0 Å². The molecule has 2 aromatic rings. The summed E-state index contributed by atoms with van der Waals surface area (Å²) in [6.45, 7) is 5.54. The summed E-state index contributed by atoms with van der Waals surface area (Å²) in [7, 11) is 0. The zero-order valence-electron chi connectivity index (χ0n) is 15.7. The number of unbranched alkanes of at least 4 members (excludes halogenated alkanes) is 3. The quantitative estimate of drug-likeness (QED) is 0.295. The zero-order chi connectivity index (χ0) is 18.6. The Morgan fingerprint density at radius 2 is 1.54 bits per heavy atom. The smallest absolute Gasteiger partial charge is 0.119 e. The van der Waals surface area contributed by atoms with Crippen molar-refractivity contribution < 1.29 is 9.47 Å². The lowest BCUT2D eigenvalue weighted by molar-refractivity contribution is 0.305. The average molecular weight is 349 g/mol. The summed E-state index contributed by atoms with van der Waals surface area (Å²) < 4.78 is 11.2. The molecule has 0 heterocycles. The van der Waals surface area contributed by atoms with E-state index in [9.17, 15) is 5.26 Å². The summed E-state index contributed by atoms with van der Waals surface area (Å²) in [5.41, 5.74) is 2.49. The van der Waals surface area contributed by atoms with Gasteiger partial charge in [0, 0.05) is 0 Å². The molecule has 0 aromatic heterocycles. The molecule has 0 aliphatic heterocycles. The fraction of sp³-hybridized carbons (Fsp3) is 0.348. The Balaban J connectivity index is 1.99. The number of ether oxygens (including phenoxy) is 2. The third-order valence-corrected chi connectivity index (χ3v) is 4.05. The molecular formula is C23H27NO2. The molecule has 0 amide bonds. The molecule has 3 nitrogen and oxygen atoms in total. The molecule has 0 bridgehead atoms. The van der Waals surface area contributed by atoms with Crippen molar-refractivity contribution in [2.45, 2.75) is 39.5 Å². The number of hydrogen-bond donors (Lipinski definition) is 0. The second-order valence-electron chi connectivity index (χ2n) is 6.11. The van der Waals surface area contributed by atoms with Crippen molar-refractivity contribution in [1.82, 2.24) is 0 Å². The van der Waals surface area contributed by atoms with Gasteiger partial charge in [-0.1, -0.05) is 38.3 Å². The van der Waals surface area contributed by atoms with E-state index >= 15 is 0 Å². The Kier molecular flexibility index (Phi) is 8.29.